The zero-order valence-corrected chi connectivity index (χ0v) is 18.7. The second-order valence-electron chi connectivity index (χ2n) is 7.33. The summed E-state index contributed by atoms with van der Waals surface area (Å²) in [6, 6.07) is 3.99. The molecule has 161 valence electrons. The summed E-state index contributed by atoms with van der Waals surface area (Å²) in [4.78, 5) is 21.2. The first-order chi connectivity index (χ1) is 14.5. The molecule has 2 N–H and O–H groups in total. The van der Waals surface area contributed by atoms with Crippen LogP contribution in [0.25, 0.3) is 0 Å². The molecule has 1 fully saturated rings. The van der Waals surface area contributed by atoms with Gasteiger partial charge in [0, 0.05) is 42.9 Å². The molecule has 8 heteroatoms. The van der Waals surface area contributed by atoms with Crippen LogP contribution in [0.15, 0.2) is 53.2 Å². The fourth-order valence-electron chi connectivity index (χ4n) is 3.63. The van der Waals surface area contributed by atoms with Gasteiger partial charge in [0.15, 0.2) is 0 Å². The van der Waals surface area contributed by atoms with E-state index in [2.05, 4.69) is 39.8 Å². The van der Waals surface area contributed by atoms with E-state index in [0.717, 1.165) is 29.9 Å². The lowest BCUT2D eigenvalue weighted by atomic mass is 9.60. The van der Waals surface area contributed by atoms with Crippen molar-refractivity contribution in [2.45, 2.75) is 58.2 Å². The van der Waals surface area contributed by atoms with Gasteiger partial charge in [0.2, 0.25) is 5.90 Å². The molecule has 0 aromatic carbocycles. The van der Waals surface area contributed by atoms with Gasteiger partial charge in [0.1, 0.15) is 13.0 Å². The molecule has 1 saturated carbocycles. The highest BCUT2D eigenvalue weighted by atomic mass is 16.5. The Morgan fingerprint density at radius 3 is 2.50 bits per heavy atom. The van der Waals surface area contributed by atoms with Crippen LogP contribution in [0, 0.1) is 0 Å². The summed E-state index contributed by atoms with van der Waals surface area (Å²) in [5, 5.41) is 5.02. The molecule has 0 unspecified atom stereocenters. The fraction of sp³-hybridized carbons (Fsp3) is 0.500. The van der Waals surface area contributed by atoms with Crippen molar-refractivity contribution in [3.63, 3.8) is 0 Å². The molecular weight excluding hydrogens is 377 g/mol. The molecule has 1 radical (unpaired) electrons. The van der Waals surface area contributed by atoms with E-state index < -0.39 is 0 Å². The molecule has 1 heterocycles. The lowest BCUT2D eigenvalue weighted by Crippen LogP contribution is -2.42. The number of methoxy groups -OCH3 is 1. The van der Waals surface area contributed by atoms with Gasteiger partial charge in [0.05, 0.1) is 7.11 Å². The fourth-order valence-corrected chi connectivity index (χ4v) is 3.63. The number of amides is 1. The maximum absolute atomic E-state index is 12.8. The van der Waals surface area contributed by atoms with Crippen molar-refractivity contribution in [2.24, 2.45) is 4.99 Å². The third-order valence-electron chi connectivity index (χ3n) is 5.36. The normalized spacial score (nSPS) is 20.5. The number of hydrazine groups is 1. The molecule has 0 spiro atoms. The minimum absolute atomic E-state index is 0.282. The monoisotopic (exact) mass is 410 g/mol. The minimum Gasteiger partial charge on any atom is -0.481 e. The van der Waals surface area contributed by atoms with Crippen LogP contribution in [-0.2, 0) is 9.53 Å². The highest BCUT2D eigenvalue weighted by molar-refractivity contribution is 6.35. The number of carbonyl (C=O) groups is 1. The lowest BCUT2D eigenvalue weighted by Gasteiger charge is -2.35. The van der Waals surface area contributed by atoms with Gasteiger partial charge in [-0.2, -0.15) is 0 Å². The van der Waals surface area contributed by atoms with Gasteiger partial charge in [0.25, 0.3) is 5.91 Å². The van der Waals surface area contributed by atoms with E-state index in [9.17, 15) is 4.79 Å². The molecular formula is C22H33BN5O2. The number of pyridine rings is 1. The van der Waals surface area contributed by atoms with Gasteiger partial charge in [-0.15, -0.1) is 0 Å². The summed E-state index contributed by atoms with van der Waals surface area (Å²) >= 11 is 0. The van der Waals surface area contributed by atoms with Crippen LogP contribution in [0.3, 0.4) is 0 Å². The summed E-state index contributed by atoms with van der Waals surface area (Å²) in [7, 11) is 5.75. The molecule has 1 aliphatic carbocycles. The molecule has 0 bridgehead atoms. The Kier molecular flexibility index (Phi) is 9.61. The molecule has 0 saturated heterocycles. The summed E-state index contributed by atoms with van der Waals surface area (Å²) < 4.78 is 5.37. The van der Waals surface area contributed by atoms with Crippen LogP contribution in [0.2, 0.25) is 12.6 Å². The van der Waals surface area contributed by atoms with Crippen LogP contribution in [0.1, 0.15) is 45.1 Å². The maximum Gasteiger partial charge on any atom is 0.273 e. The highest BCUT2D eigenvalue weighted by Crippen LogP contribution is 2.30. The first kappa shape index (κ1) is 23.7. The highest BCUT2D eigenvalue weighted by Gasteiger charge is 2.23. The summed E-state index contributed by atoms with van der Waals surface area (Å²) in [5.74, 6) is 0.800. The Hall–Kier alpha value is -2.61. The van der Waals surface area contributed by atoms with Crippen molar-refractivity contribution in [3.8, 4) is 0 Å². The van der Waals surface area contributed by atoms with Gasteiger partial charge >= 0.3 is 0 Å². The molecule has 0 aliphatic heterocycles. The predicted octanol–water partition coefficient (Wildman–Crippen LogP) is 3.28. The van der Waals surface area contributed by atoms with Crippen LogP contribution in [0.5, 0.6) is 0 Å². The van der Waals surface area contributed by atoms with E-state index in [4.69, 9.17) is 4.74 Å². The number of hydrogen-bond donors (Lipinski definition) is 2. The van der Waals surface area contributed by atoms with Gasteiger partial charge in [-0.3, -0.25) is 9.78 Å². The van der Waals surface area contributed by atoms with E-state index in [0.29, 0.717) is 11.9 Å². The van der Waals surface area contributed by atoms with E-state index in [1.807, 2.05) is 20.2 Å². The summed E-state index contributed by atoms with van der Waals surface area (Å²) in [5.41, 5.74) is 5.03. The molecule has 1 aromatic rings. The van der Waals surface area contributed by atoms with Crippen molar-refractivity contribution < 1.29 is 9.53 Å². The number of nitrogens with one attached hydrogen (secondary N) is 2. The first-order valence-corrected chi connectivity index (χ1v) is 10.5. The number of allylic oxidation sites excluding steroid dienone is 2. The number of rotatable bonds is 8. The molecule has 7 nitrogen and oxygen atoms in total. The van der Waals surface area contributed by atoms with E-state index in [1.165, 1.54) is 20.0 Å². The second-order valence-corrected chi connectivity index (χ2v) is 7.33. The topological polar surface area (TPSA) is 78.9 Å². The van der Waals surface area contributed by atoms with Crippen LogP contribution < -0.4 is 10.7 Å². The Morgan fingerprint density at radius 1 is 1.30 bits per heavy atom. The standard InChI is InChI=1S/C22H33BN5O2/c1-6-20(27-22(30-5)17-11-13-25-14-12-17)21(29)26-16(2)15-28(24-4)19-9-7-18(23-3)8-10-19/h6,11-15,18-19,24H,7-10H2,1-5H3,(H,26,29)/b16-15+,20-6-,27-22?. The average Bonchev–Trinajstić information content (AvgIpc) is 2.78. The van der Waals surface area contributed by atoms with Crippen LogP contribution in [0.4, 0.5) is 0 Å². The Morgan fingerprint density at radius 2 is 1.97 bits per heavy atom. The minimum atomic E-state index is -0.282. The third kappa shape index (κ3) is 6.73. The van der Waals surface area contributed by atoms with E-state index in [1.54, 1.807) is 37.5 Å². The number of hydrogen-bond acceptors (Lipinski definition) is 6. The Balaban J connectivity index is 2.05. The largest absolute Gasteiger partial charge is 0.481 e. The third-order valence-corrected chi connectivity index (χ3v) is 5.36. The van der Waals surface area contributed by atoms with Gasteiger partial charge in [-0.1, -0.05) is 31.6 Å². The van der Waals surface area contributed by atoms with E-state index >= 15 is 0 Å². The van der Waals surface area contributed by atoms with Crippen LogP contribution >= 0.6 is 0 Å². The predicted molar refractivity (Wildman–Crippen MR) is 122 cm³/mol. The summed E-state index contributed by atoms with van der Waals surface area (Å²) in [6.45, 7) is 5.80. The van der Waals surface area contributed by atoms with Crippen molar-refractivity contribution in [3.05, 3.63) is 53.8 Å². The molecule has 1 aromatic heterocycles. The molecule has 30 heavy (non-hydrogen) atoms. The van der Waals surface area contributed by atoms with Crippen molar-refractivity contribution in [2.75, 3.05) is 14.2 Å². The molecule has 0 atom stereocenters. The first-order valence-electron chi connectivity index (χ1n) is 10.5. The second kappa shape index (κ2) is 12.2. The molecule has 2 rings (SSSR count). The van der Waals surface area contributed by atoms with E-state index in [-0.39, 0.29) is 11.6 Å². The number of nitrogens with zero attached hydrogens (tertiary/aromatic N) is 3. The number of carbonyl (C=O) groups excluding carboxylic acids is 1. The Labute approximate surface area is 180 Å². The lowest BCUT2D eigenvalue weighted by molar-refractivity contribution is -0.116. The average molecular weight is 410 g/mol. The Bertz CT molecular complexity index is 771. The smallest absolute Gasteiger partial charge is 0.273 e. The van der Waals surface area contributed by atoms with Crippen molar-refractivity contribution in [1.82, 2.24) is 20.7 Å². The molecule has 1 aliphatic rings. The zero-order valence-electron chi connectivity index (χ0n) is 18.7. The maximum atomic E-state index is 12.8. The summed E-state index contributed by atoms with van der Waals surface area (Å²) in [6.07, 6.45) is 11.6. The van der Waals surface area contributed by atoms with Crippen molar-refractivity contribution in [1.29, 1.82) is 0 Å². The number of aliphatic imine (C=N–C) groups is 1. The van der Waals surface area contributed by atoms with Crippen molar-refractivity contribution >= 4 is 19.1 Å². The van der Waals surface area contributed by atoms with Crippen LogP contribution in [-0.4, -0.2) is 49.3 Å². The quantitative estimate of drug-likeness (QED) is 0.226. The number of ether oxygens (including phenoxy) is 1. The van der Waals surface area contributed by atoms with Gasteiger partial charge in [-0.05, 0) is 38.8 Å². The van der Waals surface area contributed by atoms with Gasteiger partial charge in [-0.25, -0.2) is 10.4 Å². The van der Waals surface area contributed by atoms with Gasteiger partial charge < -0.3 is 15.1 Å². The molecule has 1 amide bonds. The number of aromatic nitrogens is 1. The zero-order chi connectivity index (χ0) is 21.9. The SMILES string of the molecule is C[B]C1CCC(N(/C=C(\C)NC(=O)/C(=C/C)N=C(OC)c2ccncc2)NC)CC1.